The first-order valence-corrected chi connectivity index (χ1v) is 15.3. The third-order valence-electron chi connectivity index (χ3n) is 8.04. The Morgan fingerprint density at radius 3 is 2.00 bits per heavy atom. The second kappa shape index (κ2) is 15.2. The number of unbranched alkanes of at least 4 members (excludes halogenated alkanes) is 1. The second-order valence-electron chi connectivity index (χ2n) is 11.2. The molecule has 0 saturated heterocycles. The van der Waals surface area contributed by atoms with E-state index in [-0.39, 0.29) is 24.9 Å². The molecular weight excluding hydrogens is 564 g/mol. The quantitative estimate of drug-likeness (QED) is 0.149. The van der Waals surface area contributed by atoms with Crippen molar-refractivity contribution < 1.29 is 19.1 Å². The van der Waals surface area contributed by atoms with Crippen LogP contribution in [0.2, 0.25) is 0 Å². The van der Waals surface area contributed by atoms with Gasteiger partial charge in [-0.2, -0.15) is 0 Å². The maximum absolute atomic E-state index is 13.7. The van der Waals surface area contributed by atoms with Gasteiger partial charge in [0.1, 0.15) is 18.7 Å². The number of nitrogens with one attached hydrogen (secondary N) is 3. The van der Waals surface area contributed by atoms with Crippen molar-refractivity contribution in [2.45, 2.75) is 43.7 Å². The van der Waals surface area contributed by atoms with Crippen LogP contribution >= 0.6 is 0 Å². The maximum atomic E-state index is 13.7. The van der Waals surface area contributed by atoms with Gasteiger partial charge in [0, 0.05) is 18.0 Å². The van der Waals surface area contributed by atoms with Crippen molar-refractivity contribution in [2.24, 2.45) is 5.73 Å². The van der Waals surface area contributed by atoms with Crippen molar-refractivity contribution in [1.29, 1.82) is 0 Å². The molecule has 45 heavy (non-hydrogen) atoms. The zero-order chi connectivity index (χ0) is 31.6. The molecule has 0 spiro atoms. The molecule has 0 heterocycles. The van der Waals surface area contributed by atoms with Crippen molar-refractivity contribution in [3.8, 4) is 11.1 Å². The summed E-state index contributed by atoms with van der Waals surface area (Å²) in [7, 11) is 0. The van der Waals surface area contributed by atoms with E-state index in [1.54, 1.807) is 24.3 Å². The Morgan fingerprint density at radius 2 is 1.36 bits per heavy atom. The van der Waals surface area contributed by atoms with E-state index in [0.29, 0.717) is 31.5 Å². The summed E-state index contributed by atoms with van der Waals surface area (Å²) in [5.41, 5.74) is 12.4. The van der Waals surface area contributed by atoms with Crippen LogP contribution < -0.4 is 21.7 Å². The molecule has 5 N–H and O–H groups in total. The van der Waals surface area contributed by atoms with Crippen LogP contribution in [0.1, 0.15) is 47.4 Å². The molecule has 1 aliphatic carbocycles. The summed E-state index contributed by atoms with van der Waals surface area (Å²) >= 11 is 0. The highest BCUT2D eigenvalue weighted by Gasteiger charge is 2.31. The van der Waals surface area contributed by atoms with E-state index in [1.165, 1.54) is 0 Å². The zero-order valence-electron chi connectivity index (χ0n) is 25.2. The number of alkyl carbamates (subject to hydrolysis) is 1. The Morgan fingerprint density at radius 1 is 0.733 bits per heavy atom. The molecule has 1 aliphatic rings. The number of rotatable bonds is 13. The maximum Gasteiger partial charge on any atom is 0.407 e. The molecular formula is C37H39N4O4. The summed E-state index contributed by atoms with van der Waals surface area (Å²) in [6.07, 6.45) is 1.27. The molecule has 0 fully saturated rings. The molecule has 4 aromatic rings. The van der Waals surface area contributed by atoms with Gasteiger partial charge in [0.05, 0.1) is 0 Å². The fraction of sp³-hybridized carbons (Fsp3) is 0.243. The van der Waals surface area contributed by atoms with E-state index in [9.17, 15) is 14.4 Å². The molecule has 5 rings (SSSR count). The number of ether oxygens (including phenoxy) is 1. The highest BCUT2D eigenvalue weighted by Crippen LogP contribution is 2.44. The van der Waals surface area contributed by atoms with E-state index in [1.807, 2.05) is 54.6 Å². The van der Waals surface area contributed by atoms with Crippen LogP contribution in [0.4, 0.5) is 10.5 Å². The number of fused-ring (bicyclic) bond motifs is 3. The zero-order valence-corrected chi connectivity index (χ0v) is 25.2. The summed E-state index contributed by atoms with van der Waals surface area (Å²) in [5.74, 6) is -0.942. The molecule has 2 atom stereocenters. The third kappa shape index (κ3) is 8.16. The fourth-order valence-corrected chi connectivity index (χ4v) is 5.69. The SMILES string of the molecule is [CH2]c1ccc(NC(=O)[C@H](CCCCN)NC(=O)[C@H](Cc2ccccc2)NC(=O)OCC2c3ccccc3-c3ccccc32)cc1. The van der Waals surface area contributed by atoms with E-state index in [4.69, 9.17) is 10.5 Å². The van der Waals surface area contributed by atoms with Gasteiger partial charge in [0.15, 0.2) is 0 Å². The lowest BCUT2D eigenvalue weighted by Crippen LogP contribution is -2.53. The average molecular weight is 604 g/mol. The Hall–Kier alpha value is -4.95. The van der Waals surface area contributed by atoms with E-state index >= 15 is 0 Å². The minimum Gasteiger partial charge on any atom is -0.449 e. The fourth-order valence-electron chi connectivity index (χ4n) is 5.69. The number of hydrogen-bond donors (Lipinski definition) is 4. The standard InChI is InChI=1S/C37H39N4O4/c1-25-18-20-27(21-19-25)39-35(42)33(17-9-10-22-38)40-36(43)34(23-26-11-3-2-4-12-26)41-37(44)45-24-32-30-15-7-5-13-28(30)29-14-6-8-16-31(29)32/h2-8,11-16,18-21,32-34H,1,9-10,17,22-24,38H2,(H,39,42)(H,40,43)(H,41,44)/t33-,34-/m0/s1. The number of benzene rings is 4. The van der Waals surface area contributed by atoms with E-state index in [0.717, 1.165) is 33.4 Å². The lowest BCUT2D eigenvalue weighted by molar-refractivity contribution is -0.128. The van der Waals surface area contributed by atoms with Crippen LogP contribution in [-0.4, -0.2) is 43.1 Å². The first kappa shape index (κ1) is 31.5. The molecule has 1 radical (unpaired) electrons. The van der Waals surface area contributed by atoms with Crippen LogP contribution in [0, 0.1) is 6.92 Å². The first-order chi connectivity index (χ1) is 21.9. The molecule has 0 saturated carbocycles. The summed E-state index contributed by atoms with van der Waals surface area (Å²) in [6.45, 7) is 4.47. The Bertz CT molecular complexity index is 1560. The van der Waals surface area contributed by atoms with Crippen LogP contribution in [0.3, 0.4) is 0 Å². The predicted molar refractivity (Wildman–Crippen MR) is 177 cm³/mol. The van der Waals surface area contributed by atoms with Gasteiger partial charge in [0.25, 0.3) is 0 Å². The highest BCUT2D eigenvalue weighted by atomic mass is 16.5. The summed E-state index contributed by atoms with van der Waals surface area (Å²) in [5, 5.41) is 8.53. The Balaban J connectivity index is 1.28. The van der Waals surface area contributed by atoms with Crippen molar-refractivity contribution in [3.05, 3.63) is 132 Å². The molecule has 8 nitrogen and oxygen atoms in total. The van der Waals surface area contributed by atoms with E-state index < -0.39 is 24.1 Å². The number of carbonyl (C=O) groups is 3. The van der Waals surface area contributed by atoms with Crippen LogP contribution in [0.5, 0.6) is 0 Å². The molecule has 231 valence electrons. The van der Waals surface area contributed by atoms with Crippen LogP contribution in [0.25, 0.3) is 11.1 Å². The third-order valence-corrected chi connectivity index (χ3v) is 8.04. The summed E-state index contributed by atoms with van der Waals surface area (Å²) < 4.78 is 5.75. The smallest absolute Gasteiger partial charge is 0.407 e. The molecule has 8 heteroatoms. The van der Waals surface area contributed by atoms with Gasteiger partial charge in [-0.05, 0) is 78.2 Å². The second-order valence-corrected chi connectivity index (χ2v) is 11.2. The molecule has 0 bridgehead atoms. The molecule has 0 aromatic heterocycles. The molecule has 0 aliphatic heterocycles. The number of anilines is 1. The van der Waals surface area contributed by atoms with Gasteiger partial charge >= 0.3 is 6.09 Å². The molecule has 0 unspecified atom stereocenters. The van der Waals surface area contributed by atoms with Crippen molar-refractivity contribution in [3.63, 3.8) is 0 Å². The number of carbonyl (C=O) groups excluding carboxylic acids is 3. The van der Waals surface area contributed by atoms with Gasteiger partial charge in [0.2, 0.25) is 11.8 Å². The van der Waals surface area contributed by atoms with Crippen molar-refractivity contribution >= 4 is 23.6 Å². The highest BCUT2D eigenvalue weighted by molar-refractivity contribution is 5.98. The number of nitrogens with two attached hydrogens (primary N) is 1. The minimum atomic E-state index is -0.974. The summed E-state index contributed by atoms with van der Waals surface area (Å²) in [6, 6.07) is 30.9. The Kier molecular flexibility index (Phi) is 10.6. The number of hydrogen-bond acceptors (Lipinski definition) is 5. The van der Waals surface area contributed by atoms with Crippen LogP contribution in [-0.2, 0) is 20.7 Å². The lowest BCUT2D eigenvalue weighted by Gasteiger charge is -2.24. The van der Waals surface area contributed by atoms with Crippen molar-refractivity contribution in [1.82, 2.24) is 10.6 Å². The average Bonchev–Trinajstić information content (AvgIpc) is 3.38. The van der Waals surface area contributed by atoms with Gasteiger partial charge in [-0.1, -0.05) is 91.0 Å². The van der Waals surface area contributed by atoms with Crippen molar-refractivity contribution in [2.75, 3.05) is 18.5 Å². The Labute approximate surface area is 264 Å². The first-order valence-electron chi connectivity index (χ1n) is 15.3. The van der Waals surface area contributed by atoms with Gasteiger partial charge in [-0.3, -0.25) is 9.59 Å². The number of amides is 3. The normalized spacial score (nSPS) is 13.2. The predicted octanol–water partition coefficient (Wildman–Crippen LogP) is 5.57. The van der Waals surface area contributed by atoms with Gasteiger partial charge in [-0.15, -0.1) is 0 Å². The largest absolute Gasteiger partial charge is 0.449 e. The van der Waals surface area contributed by atoms with E-state index in [2.05, 4.69) is 47.1 Å². The molecule has 3 amide bonds. The topological polar surface area (TPSA) is 123 Å². The minimum absolute atomic E-state index is 0.113. The van der Waals surface area contributed by atoms with Crippen LogP contribution in [0.15, 0.2) is 103 Å². The molecule has 4 aromatic carbocycles. The summed E-state index contributed by atoms with van der Waals surface area (Å²) in [4.78, 5) is 40.2. The lowest BCUT2D eigenvalue weighted by atomic mass is 9.98. The van der Waals surface area contributed by atoms with Gasteiger partial charge in [-0.25, -0.2) is 4.79 Å². The van der Waals surface area contributed by atoms with Gasteiger partial charge < -0.3 is 26.4 Å². The monoisotopic (exact) mass is 603 g/mol.